The van der Waals surface area contributed by atoms with Gasteiger partial charge in [0.2, 0.25) is 0 Å². The topological polar surface area (TPSA) is 41.0 Å². The van der Waals surface area contributed by atoms with Crippen LogP contribution in [0, 0.1) is 5.92 Å². The highest BCUT2D eigenvalue weighted by molar-refractivity contribution is 5.50. The molecule has 0 saturated carbocycles. The third kappa shape index (κ3) is 4.37. The maximum Gasteiger partial charge on any atom is 0.135 e. The van der Waals surface area contributed by atoms with Crippen LogP contribution in [0.15, 0.2) is 6.07 Å². The van der Waals surface area contributed by atoms with Crippen molar-refractivity contribution >= 4 is 11.6 Å². The van der Waals surface area contributed by atoms with Crippen LogP contribution in [-0.2, 0) is 0 Å². The van der Waals surface area contributed by atoms with Gasteiger partial charge >= 0.3 is 0 Å². The first-order valence-electron chi connectivity index (χ1n) is 7.18. The SMILES string of the molecule is CNc1cc(N(CC(C)C)C(C)C)nc(C(C)C)n1. The Bertz CT molecular complexity index is 399. The van der Waals surface area contributed by atoms with E-state index in [0.717, 1.165) is 24.0 Å². The van der Waals surface area contributed by atoms with Gasteiger partial charge in [-0.25, -0.2) is 9.97 Å². The summed E-state index contributed by atoms with van der Waals surface area (Å²) in [5, 5.41) is 3.13. The second-order valence-corrected chi connectivity index (χ2v) is 6.01. The van der Waals surface area contributed by atoms with Crippen LogP contribution in [0.25, 0.3) is 0 Å². The minimum absolute atomic E-state index is 0.333. The smallest absolute Gasteiger partial charge is 0.135 e. The highest BCUT2D eigenvalue weighted by atomic mass is 15.2. The van der Waals surface area contributed by atoms with Crippen molar-refractivity contribution in [3.8, 4) is 0 Å². The minimum atomic E-state index is 0.333. The van der Waals surface area contributed by atoms with Crippen molar-refractivity contribution in [1.82, 2.24) is 9.97 Å². The lowest BCUT2D eigenvalue weighted by Crippen LogP contribution is -2.35. The van der Waals surface area contributed by atoms with Crippen molar-refractivity contribution in [2.24, 2.45) is 5.92 Å². The molecule has 0 spiro atoms. The molecule has 0 aliphatic carbocycles. The fraction of sp³-hybridized carbons (Fsp3) is 0.733. The van der Waals surface area contributed by atoms with E-state index in [1.54, 1.807) is 0 Å². The van der Waals surface area contributed by atoms with E-state index in [2.05, 4.69) is 56.7 Å². The molecule has 0 fully saturated rings. The molecular weight excluding hydrogens is 236 g/mol. The number of rotatable bonds is 6. The zero-order valence-corrected chi connectivity index (χ0v) is 13.4. The largest absolute Gasteiger partial charge is 0.373 e. The van der Waals surface area contributed by atoms with E-state index in [4.69, 9.17) is 4.98 Å². The fourth-order valence-corrected chi connectivity index (χ4v) is 1.95. The van der Waals surface area contributed by atoms with Crippen LogP contribution in [-0.4, -0.2) is 29.6 Å². The normalized spacial score (nSPS) is 11.5. The number of hydrogen-bond donors (Lipinski definition) is 1. The van der Waals surface area contributed by atoms with E-state index in [1.807, 2.05) is 13.1 Å². The number of nitrogens with zero attached hydrogens (tertiary/aromatic N) is 3. The van der Waals surface area contributed by atoms with E-state index in [1.165, 1.54) is 0 Å². The molecule has 108 valence electrons. The highest BCUT2D eigenvalue weighted by Crippen LogP contribution is 2.22. The summed E-state index contributed by atoms with van der Waals surface area (Å²) in [6.45, 7) is 14.1. The third-order valence-electron chi connectivity index (χ3n) is 2.98. The number of hydrogen-bond acceptors (Lipinski definition) is 4. The van der Waals surface area contributed by atoms with Gasteiger partial charge in [-0.15, -0.1) is 0 Å². The molecule has 1 N–H and O–H groups in total. The van der Waals surface area contributed by atoms with Crippen LogP contribution in [0.1, 0.15) is 53.3 Å². The quantitative estimate of drug-likeness (QED) is 0.853. The lowest BCUT2D eigenvalue weighted by Gasteiger charge is -2.30. The molecule has 0 unspecified atom stereocenters. The van der Waals surface area contributed by atoms with E-state index < -0.39 is 0 Å². The molecule has 1 aromatic rings. The summed E-state index contributed by atoms with van der Waals surface area (Å²) in [4.78, 5) is 11.6. The molecule has 0 radical (unpaired) electrons. The summed E-state index contributed by atoms with van der Waals surface area (Å²) in [5.74, 6) is 3.75. The molecule has 1 aromatic heterocycles. The molecule has 0 atom stereocenters. The molecule has 0 aliphatic heterocycles. The number of nitrogens with one attached hydrogen (secondary N) is 1. The van der Waals surface area contributed by atoms with Gasteiger partial charge in [-0.05, 0) is 19.8 Å². The Morgan fingerprint density at radius 1 is 1.11 bits per heavy atom. The maximum absolute atomic E-state index is 4.73. The van der Waals surface area contributed by atoms with Crippen molar-refractivity contribution in [2.75, 3.05) is 23.8 Å². The van der Waals surface area contributed by atoms with Crippen molar-refractivity contribution in [3.63, 3.8) is 0 Å². The van der Waals surface area contributed by atoms with E-state index in [9.17, 15) is 0 Å². The summed E-state index contributed by atoms with van der Waals surface area (Å²) in [5.41, 5.74) is 0. The maximum atomic E-state index is 4.73. The van der Waals surface area contributed by atoms with Gasteiger partial charge in [-0.3, -0.25) is 0 Å². The third-order valence-corrected chi connectivity index (χ3v) is 2.98. The van der Waals surface area contributed by atoms with Crippen LogP contribution >= 0.6 is 0 Å². The Morgan fingerprint density at radius 3 is 2.16 bits per heavy atom. The first-order chi connectivity index (χ1) is 8.85. The van der Waals surface area contributed by atoms with Crippen LogP contribution in [0.3, 0.4) is 0 Å². The molecular formula is C15H28N4. The van der Waals surface area contributed by atoms with E-state index in [0.29, 0.717) is 17.9 Å². The van der Waals surface area contributed by atoms with Crippen molar-refractivity contribution < 1.29 is 0 Å². The van der Waals surface area contributed by atoms with Crippen molar-refractivity contribution in [3.05, 3.63) is 11.9 Å². The Kier molecular flexibility index (Phi) is 5.58. The second kappa shape index (κ2) is 6.73. The summed E-state index contributed by atoms with van der Waals surface area (Å²) in [7, 11) is 1.90. The van der Waals surface area contributed by atoms with Gasteiger partial charge in [-0.2, -0.15) is 0 Å². The predicted molar refractivity (Wildman–Crippen MR) is 83.0 cm³/mol. The van der Waals surface area contributed by atoms with Crippen LogP contribution < -0.4 is 10.2 Å². The monoisotopic (exact) mass is 264 g/mol. The molecule has 0 aromatic carbocycles. The van der Waals surface area contributed by atoms with Crippen LogP contribution in [0.5, 0.6) is 0 Å². The average Bonchev–Trinajstić information content (AvgIpc) is 2.34. The molecule has 4 heteroatoms. The lowest BCUT2D eigenvalue weighted by atomic mass is 10.1. The van der Waals surface area contributed by atoms with Gasteiger partial charge in [0.1, 0.15) is 17.5 Å². The van der Waals surface area contributed by atoms with Crippen LogP contribution in [0.2, 0.25) is 0 Å². The summed E-state index contributed by atoms with van der Waals surface area (Å²) >= 11 is 0. The molecule has 19 heavy (non-hydrogen) atoms. The van der Waals surface area contributed by atoms with Crippen LogP contribution in [0.4, 0.5) is 11.6 Å². The second-order valence-electron chi connectivity index (χ2n) is 6.01. The molecule has 0 aliphatic rings. The summed E-state index contributed by atoms with van der Waals surface area (Å²) < 4.78 is 0. The zero-order chi connectivity index (χ0) is 14.6. The Morgan fingerprint density at radius 2 is 1.74 bits per heavy atom. The van der Waals surface area contributed by atoms with Gasteiger partial charge in [0.05, 0.1) is 0 Å². The van der Waals surface area contributed by atoms with E-state index in [-0.39, 0.29) is 0 Å². The molecule has 0 saturated heterocycles. The minimum Gasteiger partial charge on any atom is -0.373 e. The van der Waals surface area contributed by atoms with Crippen molar-refractivity contribution in [1.29, 1.82) is 0 Å². The zero-order valence-electron chi connectivity index (χ0n) is 13.4. The number of aromatic nitrogens is 2. The van der Waals surface area contributed by atoms with Gasteiger partial charge in [-0.1, -0.05) is 27.7 Å². The Hall–Kier alpha value is -1.32. The molecule has 1 rings (SSSR count). The highest BCUT2D eigenvalue weighted by Gasteiger charge is 2.16. The summed E-state index contributed by atoms with van der Waals surface area (Å²) in [6.07, 6.45) is 0. The lowest BCUT2D eigenvalue weighted by molar-refractivity contribution is 0.563. The standard InChI is InChI=1S/C15H28N4/c1-10(2)9-19(12(5)6)14-8-13(16-7)17-15(18-14)11(3)4/h8,10-12H,9H2,1-7H3,(H,16,17,18). The molecule has 0 amide bonds. The van der Waals surface area contributed by atoms with Gasteiger partial charge < -0.3 is 10.2 Å². The first-order valence-corrected chi connectivity index (χ1v) is 7.18. The Balaban J connectivity index is 3.17. The van der Waals surface area contributed by atoms with Crippen molar-refractivity contribution in [2.45, 2.75) is 53.5 Å². The summed E-state index contributed by atoms with van der Waals surface area (Å²) in [6, 6.07) is 2.47. The van der Waals surface area contributed by atoms with Gasteiger partial charge in [0, 0.05) is 31.6 Å². The fourth-order valence-electron chi connectivity index (χ4n) is 1.95. The van der Waals surface area contributed by atoms with Gasteiger partial charge in [0.15, 0.2) is 0 Å². The van der Waals surface area contributed by atoms with E-state index >= 15 is 0 Å². The first kappa shape index (κ1) is 15.7. The predicted octanol–water partition coefficient (Wildman–Crippen LogP) is 3.51. The number of anilines is 2. The molecule has 0 bridgehead atoms. The molecule has 1 heterocycles. The van der Waals surface area contributed by atoms with Gasteiger partial charge in [0.25, 0.3) is 0 Å². The average molecular weight is 264 g/mol. The Labute approximate surface area is 117 Å². The molecule has 4 nitrogen and oxygen atoms in total.